The molecule has 0 saturated carbocycles. The van der Waals surface area contributed by atoms with Gasteiger partial charge in [0.1, 0.15) is 0 Å². The molecule has 0 rings (SSSR count). The Morgan fingerprint density at radius 2 is 0.800 bits per heavy atom. The summed E-state index contributed by atoms with van der Waals surface area (Å²) in [7, 11) is 0. The van der Waals surface area contributed by atoms with Gasteiger partial charge in [-0.25, -0.2) is 0 Å². The van der Waals surface area contributed by atoms with E-state index in [0.717, 1.165) is 32.1 Å². The van der Waals surface area contributed by atoms with Crippen molar-refractivity contribution < 1.29 is 38.4 Å². The van der Waals surface area contributed by atoms with Crippen LogP contribution in [0.15, 0.2) is 0 Å². The number of nitrogens with one attached hydrogen (secondary N) is 1. The lowest BCUT2D eigenvalue weighted by atomic mass is 10.0. The van der Waals surface area contributed by atoms with Crippen LogP contribution in [0.3, 0.4) is 0 Å². The van der Waals surface area contributed by atoms with Gasteiger partial charge in [0, 0.05) is 25.9 Å². The van der Waals surface area contributed by atoms with Gasteiger partial charge in [-0.2, -0.15) is 0 Å². The van der Waals surface area contributed by atoms with Crippen LogP contribution in [0.2, 0.25) is 0 Å². The molecule has 0 unspecified atom stereocenters. The summed E-state index contributed by atoms with van der Waals surface area (Å²) in [6, 6.07) is 0. The van der Waals surface area contributed by atoms with Crippen molar-refractivity contribution in [3.63, 3.8) is 0 Å². The van der Waals surface area contributed by atoms with Crippen molar-refractivity contribution in [3.8, 4) is 0 Å². The van der Waals surface area contributed by atoms with Gasteiger partial charge in [-0.1, -0.05) is 77.0 Å². The smallest absolute Gasteiger partial charge is 0.303 e. The van der Waals surface area contributed by atoms with Crippen molar-refractivity contribution in [3.05, 3.63) is 0 Å². The number of carbonyl (C=O) groups is 2. The number of ether oxygens (including phenoxy) is 5. The van der Waals surface area contributed by atoms with Crippen molar-refractivity contribution >= 4 is 11.9 Å². The van der Waals surface area contributed by atoms with Crippen LogP contribution in [0, 0.1) is 0 Å². The molecule has 1 amide bonds. The normalized spacial score (nSPS) is 11.2. The zero-order valence-corrected chi connectivity index (χ0v) is 25.2. The average molecular weight is 577 g/mol. The third-order valence-corrected chi connectivity index (χ3v) is 6.36. The van der Waals surface area contributed by atoms with Gasteiger partial charge in [0.25, 0.3) is 0 Å². The Hall–Kier alpha value is -1.30. The Morgan fingerprint density at radius 1 is 0.475 bits per heavy atom. The summed E-state index contributed by atoms with van der Waals surface area (Å²) in [5.74, 6) is -0.578. The third kappa shape index (κ3) is 34.7. The SMILES string of the molecule is NCCOCCOCCOCCOCCOCCNC(=O)CCCCCCCCCCCCCCCCC(=O)O. The van der Waals surface area contributed by atoms with Crippen LogP contribution in [-0.4, -0.2) is 96.1 Å². The molecule has 0 radical (unpaired) electrons. The number of amides is 1. The summed E-state index contributed by atoms with van der Waals surface area (Å²) in [5, 5.41) is 11.5. The molecule has 0 heterocycles. The Balaban J connectivity index is 3.15. The zero-order valence-electron chi connectivity index (χ0n) is 25.2. The largest absolute Gasteiger partial charge is 0.481 e. The topological polar surface area (TPSA) is 139 Å². The van der Waals surface area contributed by atoms with Crippen LogP contribution in [0.5, 0.6) is 0 Å². The van der Waals surface area contributed by atoms with Gasteiger partial charge in [0.05, 0.1) is 66.1 Å². The molecule has 0 bridgehead atoms. The Morgan fingerprint density at radius 3 is 1.18 bits per heavy atom. The first-order valence-electron chi connectivity index (χ1n) is 15.7. The van der Waals surface area contributed by atoms with Gasteiger partial charge in [-0.05, 0) is 12.8 Å². The summed E-state index contributed by atoms with van der Waals surface area (Å²) < 4.78 is 26.9. The second kappa shape index (κ2) is 33.9. The van der Waals surface area contributed by atoms with E-state index in [1.807, 2.05) is 0 Å². The Bertz CT molecular complexity index is 540. The molecule has 10 nitrogen and oxygen atoms in total. The van der Waals surface area contributed by atoms with E-state index in [0.29, 0.717) is 92.0 Å². The summed E-state index contributed by atoms with van der Waals surface area (Å²) in [6.45, 7) is 6.29. The molecule has 0 saturated heterocycles. The molecule has 0 aromatic carbocycles. The maximum Gasteiger partial charge on any atom is 0.303 e. The van der Waals surface area contributed by atoms with E-state index in [9.17, 15) is 9.59 Å². The molecule has 0 aromatic heterocycles. The van der Waals surface area contributed by atoms with E-state index in [4.69, 9.17) is 34.5 Å². The predicted molar refractivity (Wildman–Crippen MR) is 158 cm³/mol. The molecule has 0 fully saturated rings. The van der Waals surface area contributed by atoms with Crippen LogP contribution in [-0.2, 0) is 33.3 Å². The molecular formula is C30H60N2O8. The van der Waals surface area contributed by atoms with Crippen molar-refractivity contribution in [2.45, 2.75) is 103 Å². The Kier molecular flexibility index (Phi) is 32.8. The minimum atomic E-state index is -0.681. The van der Waals surface area contributed by atoms with Gasteiger partial charge in [-0.3, -0.25) is 9.59 Å². The monoisotopic (exact) mass is 576 g/mol. The van der Waals surface area contributed by atoms with E-state index in [1.165, 1.54) is 57.8 Å². The van der Waals surface area contributed by atoms with Crippen LogP contribution < -0.4 is 11.1 Å². The van der Waals surface area contributed by atoms with E-state index in [-0.39, 0.29) is 5.91 Å². The predicted octanol–water partition coefficient (Wildman–Crippen LogP) is 4.47. The number of hydrogen-bond acceptors (Lipinski definition) is 8. The van der Waals surface area contributed by atoms with Gasteiger partial charge >= 0.3 is 5.97 Å². The fourth-order valence-electron chi connectivity index (χ4n) is 4.10. The van der Waals surface area contributed by atoms with Crippen LogP contribution >= 0.6 is 0 Å². The minimum Gasteiger partial charge on any atom is -0.481 e. The molecule has 10 heteroatoms. The maximum absolute atomic E-state index is 11.9. The molecule has 0 aliphatic carbocycles. The molecule has 0 aliphatic rings. The average Bonchev–Trinajstić information content (AvgIpc) is 2.94. The Labute approximate surface area is 243 Å². The molecule has 238 valence electrons. The number of carbonyl (C=O) groups excluding carboxylic acids is 1. The van der Waals surface area contributed by atoms with Gasteiger partial charge in [0.2, 0.25) is 5.91 Å². The molecule has 0 aliphatic heterocycles. The molecule has 4 N–H and O–H groups in total. The first-order chi connectivity index (χ1) is 19.7. The molecular weight excluding hydrogens is 516 g/mol. The fourth-order valence-corrected chi connectivity index (χ4v) is 4.10. The molecule has 0 atom stereocenters. The van der Waals surface area contributed by atoms with E-state index in [2.05, 4.69) is 5.32 Å². The number of carboxylic acid groups (broad SMARTS) is 1. The lowest BCUT2D eigenvalue weighted by molar-refractivity contribution is -0.137. The first-order valence-corrected chi connectivity index (χ1v) is 15.7. The quantitative estimate of drug-likeness (QED) is 0.0947. The first kappa shape index (κ1) is 38.7. The van der Waals surface area contributed by atoms with Gasteiger partial charge < -0.3 is 39.8 Å². The number of nitrogens with two attached hydrogens (primary N) is 1. The van der Waals surface area contributed by atoms with Crippen molar-refractivity contribution in [1.82, 2.24) is 5.32 Å². The maximum atomic E-state index is 11.9. The van der Waals surface area contributed by atoms with E-state index >= 15 is 0 Å². The third-order valence-electron chi connectivity index (χ3n) is 6.36. The van der Waals surface area contributed by atoms with Crippen molar-refractivity contribution in [1.29, 1.82) is 0 Å². The second-order valence-corrected chi connectivity index (χ2v) is 10.0. The highest BCUT2D eigenvalue weighted by atomic mass is 16.6. The standard InChI is InChI=1S/C30H60N2O8/c31-17-19-36-21-23-38-25-27-40-28-26-39-24-22-37-20-18-32-29(33)15-13-11-9-7-5-3-1-2-4-6-8-10-12-14-16-30(34)35/h1-28,31H2,(H,32,33)(H,34,35). The lowest BCUT2D eigenvalue weighted by Crippen LogP contribution is -2.27. The molecule has 0 aromatic rings. The zero-order chi connectivity index (χ0) is 29.2. The number of carboxylic acids is 1. The van der Waals surface area contributed by atoms with Gasteiger partial charge in [0.15, 0.2) is 0 Å². The van der Waals surface area contributed by atoms with Crippen molar-refractivity contribution in [2.24, 2.45) is 5.73 Å². The van der Waals surface area contributed by atoms with E-state index < -0.39 is 5.97 Å². The van der Waals surface area contributed by atoms with Crippen LogP contribution in [0.4, 0.5) is 0 Å². The number of unbranched alkanes of at least 4 members (excludes halogenated alkanes) is 13. The summed E-state index contributed by atoms with van der Waals surface area (Å²) in [5.41, 5.74) is 5.33. The number of aliphatic carboxylic acids is 1. The summed E-state index contributed by atoms with van der Waals surface area (Å²) in [6.07, 6.45) is 17.5. The fraction of sp³-hybridized carbons (Fsp3) is 0.933. The molecule has 40 heavy (non-hydrogen) atoms. The summed E-state index contributed by atoms with van der Waals surface area (Å²) in [4.78, 5) is 22.4. The molecule has 0 spiro atoms. The highest BCUT2D eigenvalue weighted by Gasteiger charge is 2.01. The minimum absolute atomic E-state index is 0.103. The van der Waals surface area contributed by atoms with Crippen molar-refractivity contribution in [2.75, 3.05) is 79.2 Å². The number of rotatable bonds is 34. The second-order valence-electron chi connectivity index (χ2n) is 10.0. The lowest BCUT2D eigenvalue weighted by Gasteiger charge is -2.08. The highest BCUT2D eigenvalue weighted by Crippen LogP contribution is 2.13. The van der Waals surface area contributed by atoms with Crippen LogP contribution in [0.25, 0.3) is 0 Å². The van der Waals surface area contributed by atoms with E-state index in [1.54, 1.807) is 0 Å². The van der Waals surface area contributed by atoms with Crippen LogP contribution in [0.1, 0.15) is 103 Å². The highest BCUT2D eigenvalue weighted by molar-refractivity contribution is 5.75. The summed E-state index contributed by atoms with van der Waals surface area (Å²) >= 11 is 0. The number of hydrogen-bond donors (Lipinski definition) is 3. The van der Waals surface area contributed by atoms with Gasteiger partial charge in [-0.15, -0.1) is 0 Å².